The number of carbonyl (C=O) groups is 1. The van der Waals surface area contributed by atoms with Gasteiger partial charge in [-0.25, -0.2) is 0 Å². The molecule has 0 saturated carbocycles. The van der Waals surface area contributed by atoms with E-state index in [0.717, 1.165) is 12.0 Å². The summed E-state index contributed by atoms with van der Waals surface area (Å²) >= 11 is 0. The molecule has 0 unspecified atom stereocenters. The highest BCUT2D eigenvalue weighted by atomic mass is 16.5. The van der Waals surface area contributed by atoms with Gasteiger partial charge in [0.25, 0.3) is 0 Å². The molecular weight excluding hydrogens is 298 g/mol. The minimum absolute atomic E-state index is 0.0289. The number of para-hydroxylation sites is 2. The molecule has 0 saturated heterocycles. The van der Waals surface area contributed by atoms with Crippen LogP contribution in [0.2, 0.25) is 0 Å². The first kappa shape index (κ1) is 18.1. The Kier molecular flexibility index (Phi) is 6.42. The monoisotopic (exact) mass is 325 g/mol. The third kappa shape index (κ3) is 4.85. The van der Waals surface area contributed by atoms with Crippen LogP contribution in [0.5, 0.6) is 5.75 Å². The van der Waals surface area contributed by atoms with Crippen LogP contribution in [0.25, 0.3) is 0 Å². The number of benzene rings is 2. The lowest BCUT2D eigenvalue weighted by atomic mass is 9.96. The van der Waals surface area contributed by atoms with Crippen molar-refractivity contribution in [1.29, 1.82) is 0 Å². The molecule has 2 aromatic rings. The maximum atomic E-state index is 12.6. The first-order valence-electron chi connectivity index (χ1n) is 8.62. The number of rotatable bonds is 7. The van der Waals surface area contributed by atoms with Crippen LogP contribution in [0, 0.1) is 5.92 Å². The second-order valence-corrected chi connectivity index (χ2v) is 6.48. The van der Waals surface area contributed by atoms with Crippen LogP contribution >= 0.6 is 0 Å². The van der Waals surface area contributed by atoms with Crippen molar-refractivity contribution >= 4 is 11.6 Å². The molecule has 0 aromatic heterocycles. The van der Waals surface area contributed by atoms with E-state index in [9.17, 15) is 4.79 Å². The molecule has 0 spiro atoms. The first-order valence-corrected chi connectivity index (χ1v) is 8.62. The maximum Gasteiger partial charge on any atom is 0.231 e. The van der Waals surface area contributed by atoms with E-state index in [-0.39, 0.29) is 11.8 Å². The highest BCUT2D eigenvalue weighted by Gasteiger charge is 2.17. The Hall–Kier alpha value is -2.29. The van der Waals surface area contributed by atoms with Crippen molar-refractivity contribution in [2.45, 2.75) is 40.0 Å². The van der Waals surface area contributed by atoms with Gasteiger partial charge < -0.3 is 10.1 Å². The van der Waals surface area contributed by atoms with Gasteiger partial charge in [0.15, 0.2) is 0 Å². The second kappa shape index (κ2) is 8.53. The standard InChI is InChI=1S/C21H27NO2/c1-5-24-20-9-7-6-8-19(20)22-21(23)16(4)18-12-10-17(11-13-18)14-15(2)3/h6-13,15-16H,5,14H2,1-4H3,(H,22,23)/t16-/m0/s1. The molecule has 1 N–H and O–H groups in total. The summed E-state index contributed by atoms with van der Waals surface area (Å²) in [6, 6.07) is 15.9. The molecule has 24 heavy (non-hydrogen) atoms. The topological polar surface area (TPSA) is 38.3 Å². The Balaban J connectivity index is 2.07. The average molecular weight is 325 g/mol. The van der Waals surface area contributed by atoms with Gasteiger partial charge in [0, 0.05) is 0 Å². The lowest BCUT2D eigenvalue weighted by Gasteiger charge is -2.16. The smallest absolute Gasteiger partial charge is 0.231 e. The third-order valence-corrected chi connectivity index (χ3v) is 3.96. The van der Waals surface area contributed by atoms with Crippen LogP contribution in [-0.2, 0) is 11.2 Å². The molecule has 0 heterocycles. The summed E-state index contributed by atoms with van der Waals surface area (Å²) in [5, 5.41) is 2.98. The number of amides is 1. The quantitative estimate of drug-likeness (QED) is 0.775. The van der Waals surface area contributed by atoms with Gasteiger partial charge in [-0.15, -0.1) is 0 Å². The predicted molar refractivity (Wildman–Crippen MR) is 99.6 cm³/mol. The molecule has 1 amide bonds. The Labute approximate surface area is 145 Å². The van der Waals surface area contributed by atoms with E-state index in [1.807, 2.05) is 38.1 Å². The summed E-state index contributed by atoms with van der Waals surface area (Å²) < 4.78 is 5.56. The molecule has 0 fully saturated rings. The Morgan fingerprint density at radius 1 is 1.04 bits per heavy atom. The highest BCUT2D eigenvalue weighted by molar-refractivity contribution is 5.96. The normalized spacial score (nSPS) is 12.0. The molecule has 128 valence electrons. The van der Waals surface area contributed by atoms with Crippen molar-refractivity contribution in [3.63, 3.8) is 0 Å². The van der Waals surface area contributed by atoms with Crippen LogP contribution in [0.15, 0.2) is 48.5 Å². The molecule has 1 atom stereocenters. The lowest BCUT2D eigenvalue weighted by Crippen LogP contribution is -2.19. The van der Waals surface area contributed by atoms with Gasteiger partial charge in [-0.3, -0.25) is 4.79 Å². The number of ether oxygens (including phenoxy) is 1. The third-order valence-electron chi connectivity index (χ3n) is 3.96. The molecule has 0 aliphatic heterocycles. The summed E-state index contributed by atoms with van der Waals surface area (Å²) in [4.78, 5) is 12.6. The van der Waals surface area contributed by atoms with E-state index in [1.165, 1.54) is 5.56 Å². The first-order chi connectivity index (χ1) is 11.5. The van der Waals surface area contributed by atoms with E-state index in [4.69, 9.17) is 4.74 Å². The molecule has 3 heteroatoms. The molecule has 3 nitrogen and oxygen atoms in total. The predicted octanol–water partition coefficient (Wildman–Crippen LogP) is 5.03. The zero-order valence-electron chi connectivity index (χ0n) is 15.0. The summed E-state index contributed by atoms with van der Waals surface area (Å²) in [7, 11) is 0. The van der Waals surface area contributed by atoms with E-state index < -0.39 is 0 Å². The van der Waals surface area contributed by atoms with Gasteiger partial charge in [0.2, 0.25) is 5.91 Å². The molecular formula is C21H27NO2. The van der Waals surface area contributed by atoms with Crippen molar-refractivity contribution in [3.05, 3.63) is 59.7 Å². The van der Waals surface area contributed by atoms with Crippen molar-refractivity contribution in [1.82, 2.24) is 0 Å². The number of carbonyl (C=O) groups excluding carboxylic acids is 1. The van der Waals surface area contributed by atoms with Crippen molar-refractivity contribution in [2.75, 3.05) is 11.9 Å². The van der Waals surface area contributed by atoms with Gasteiger partial charge in [0.1, 0.15) is 5.75 Å². The average Bonchev–Trinajstić information content (AvgIpc) is 2.56. The number of hydrogen-bond acceptors (Lipinski definition) is 2. The molecule has 0 aliphatic rings. The van der Waals surface area contributed by atoms with Crippen LogP contribution in [0.1, 0.15) is 44.7 Å². The van der Waals surface area contributed by atoms with E-state index in [0.29, 0.717) is 24.0 Å². The highest BCUT2D eigenvalue weighted by Crippen LogP contribution is 2.26. The number of nitrogens with one attached hydrogen (secondary N) is 1. The van der Waals surface area contributed by atoms with Crippen LogP contribution in [-0.4, -0.2) is 12.5 Å². The second-order valence-electron chi connectivity index (χ2n) is 6.48. The van der Waals surface area contributed by atoms with E-state index in [2.05, 4.69) is 43.4 Å². The SMILES string of the molecule is CCOc1ccccc1NC(=O)[C@@H](C)c1ccc(CC(C)C)cc1. The Morgan fingerprint density at radius 3 is 2.33 bits per heavy atom. The molecule has 2 rings (SSSR count). The van der Waals surface area contributed by atoms with Crippen LogP contribution < -0.4 is 10.1 Å². The van der Waals surface area contributed by atoms with Crippen molar-refractivity contribution < 1.29 is 9.53 Å². The summed E-state index contributed by atoms with van der Waals surface area (Å²) in [5.74, 6) is 1.09. The van der Waals surface area contributed by atoms with Crippen molar-refractivity contribution in [2.24, 2.45) is 5.92 Å². The molecule has 2 aromatic carbocycles. The van der Waals surface area contributed by atoms with Gasteiger partial charge in [-0.1, -0.05) is 50.2 Å². The van der Waals surface area contributed by atoms with E-state index >= 15 is 0 Å². The van der Waals surface area contributed by atoms with Gasteiger partial charge in [-0.05, 0) is 49.4 Å². The largest absolute Gasteiger partial charge is 0.492 e. The maximum absolute atomic E-state index is 12.6. The van der Waals surface area contributed by atoms with Gasteiger partial charge in [-0.2, -0.15) is 0 Å². The zero-order chi connectivity index (χ0) is 17.5. The van der Waals surface area contributed by atoms with Gasteiger partial charge in [0.05, 0.1) is 18.2 Å². The lowest BCUT2D eigenvalue weighted by molar-refractivity contribution is -0.117. The Bertz CT molecular complexity index is 662. The number of anilines is 1. The summed E-state index contributed by atoms with van der Waals surface area (Å²) in [6.45, 7) is 8.84. The zero-order valence-corrected chi connectivity index (χ0v) is 15.0. The fraction of sp³-hybridized carbons (Fsp3) is 0.381. The minimum atomic E-state index is -0.215. The molecule has 0 bridgehead atoms. The van der Waals surface area contributed by atoms with Crippen molar-refractivity contribution in [3.8, 4) is 5.75 Å². The fourth-order valence-corrected chi connectivity index (χ4v) is 2.66. The van der Waals surface area contributed by atoms with E-state index in [1.54, 1.807) is 0 Å². The minimum Gasteiger partial charge on any atom is -0.492 e. The van der Waals surface area contributed by atoms with Crippen LogP contribution in [0.4, 0.5) is 5.69 Å². The van der Waals surface area contributed by atoms with Crippen LogP contribution in [0.3, 0.4) is 0 Å². The summed E-state index contributed by atoms with van der Waals surface area (Å²) in [6.07, 6.45) is 1.06. The fourth-order valence-electron chi connectivity index (χ4n) is 2.66. The Morgan fingerprint density at radius 2 is 1.71 bits per heavy atom. The molecule has 0 aliphatic carbocycles. The number of hydrogen-bond donors (Lipinski definition) is 1. The van der Waals surface area contributed by atoms with Gasteiger partial charge >= 0.3 is 0 Å². The molecule has 0 radical (unpaired) electrons. The summed E-state index contributed by atoms with van der Waals surface area (Å²) in [5.41, 5.74) is 3.05.